The van der Waals surface area contributed by atoms with Gasteiger partial charge >= 0.3 is 11.9 Å². The summed E-state index contributed by atoms with van der Waals surface area (Å²) >= 11 is 0. The summed E-state index contributed by atoms with van der Waals surface area (Å²) in [4.78, 5) is 41.7. The Balaban J connectivity index is -0.000000111. The fourth-order valence-electron chi connectivity index (χ4n) is 2.51. The first-order valence-corrected chi connectivity index (χ1v) is 14.7. The molecule has 6 N–H and O–H groups in total. The van der Waals surface area contributed by atoms with Crippen molar-refractivity contribution in [3.8, 4) is 0 Å². The average molecular weight is 673 g/mol. The lowest BCUT2D eigenvalue weighted by Crippen LogP contribution is -1.93. The summed E-state index contributed by atoms with van der Waals surface area (Å²) < 4.78 is 0. The van der Waals surface area contributed by atoms with Crippen molar-refractivity contribution in [1.29, 1.82) is 0 Å². The van der Waals surface area contributed by atoms with E-state index in [1.54, 1.807) is 74.5 Å². The van der Waals surface area contributed by atoms with E-state index in [0.717, 1.165) is 39.6 Å². The Bertz CT molecular complexity index is 1020. The molecule has 268 valence electrons. The number of benzene rings is 4. The van der Waals surface area contributed by atoms with Crippen LogP contribution in [0.4, 0.5) is 0 Å². The highest BCUT2D eigenvalue weighted by Gasteiger charge is 1.97. The number of rotatable bonds is 4. The van der Waals surface area contributed by atoms with E-state index < -0.39 is 11.9 Å². The van der Waals surface area contributed by atoms with Crippen LogP contribution in [-0.4, -0.2) is 82.6 Å². The van der Waals surface area contributed by atoms with E-state index in [9.17, 15) is 19.2 Å². The average Bonchev–Trinajstić information content (AvgIpc) is 3.18. The molecule has 0 spiro atoms. The first kappa shape index (κ1) is 55.4. The third-order valence-electron chi connectivity index (χ3n) is 4.40. The second-order valence-electron chi connectivity index (χ2n) is 7.19. The molecular formula is C38H56O10. The van der Waals surface area contributed by atoms with Gasteiger partial charge in [0.2, 0.25) is 0 Å². The molecule has 0 aliphatic carbocycles. The highest BCUT2D eigenvalue weighted by atomic mass is 16.4. The van der Waals surface area contributed by atoms with Crippen molar-refractivity contribution in [3.05, 3.63) is 144 Å². The molecule has 0 saturated carbocycles. The van der Waals surface area contributed by atoms with Crippen LogP contribution >= 0.6 is 0 Å². The smallest absolute Gasteiger partial charge is 0.335 e. The molecule has 0 heterocycles. The summed E-state index contributed by atoms with van der Waals surface area (Å²) in [6.07, 6.45) is 0. The predicted molar refractivity (Wildman–Crippen MR) is 195 cm³/mol. The quantitative estimate of drug-likeness (QED) is 0.123. The Hall–Kier alpha value is -5.00. The van der Waals surface area contributed by atoms with Gasteiger partial charge < -0.3 is 30.6 Å². The summed E-state index contributed by atoms with van der Waals surface area (Å²) in [6, 6.07) is 35.0. The van der Waals surface area contributed by atoms with Crippen LogP contribution in [0.15, 0.2) is 121 Å². The van der Waals surface area contributed by atoms with Gasteiger partial charge in [0.15, 0.2) is 11.6 Å². The molecule has 0 aromatic heterocycles. The molecular weight excluding hydrogens is 616 g/mol. The number of carboxylic acid groups (broad SMARTS) is 2. The summed E-state index contributed by atoms with van der Waals surface area (Å²) in [5, 5.41) is 44.8. The molecule has 0 amide bonds. The fraction of sp³-hybridized carbons (Fsp3) is 0.263. The first-order chi connectivity index (χ1) is 23.2. The van der Waals surface area contributed by atoms with Crippen LogP contribution in [0, 0.1) is 0 Å². The summed E-state index contributed by atoms with van der Waals surface area (Å²) in [5.74, 6) is -1.52. The predicted octanol–water partition coefficient (Wildman–Crippen LogP) is 7.03. The minimum atomic E-state index is -0.879. The lowest BCUT2D eigenvalue weighted by Gasteiger charge is -1.89. The molecule has 48 heavy (non-hydrogen) atoms. The third-order valence-corrected chi connectivity index (χ3v) is 4.40. The van der Waals surface area contributed by atoms with Crippen LogP contribution in [0.3, 0.4) is 0 Å². The third kappa shape index (κ3) is 35.5. The van der Waals surface area contributed by atoms with Crippen molar-refractivity contribution in [2.24, 2.45) is 0 Å². The number of hydrogen-bond donors (Lipinski definition) is 6. The second-order valence-corrected chi connectivity index (χ2v) is 7.19. The molecule has 0 atom stereocenters. The molecule has 0 unspecified atom stereocenters. The normalized spacial score (nSPS) is 7.46. The molecule has 0 fully saturated rings. The van der Waals surface area contributed by atoms with Gasteiger partial charge in [0, 0.05) is 39.6 Å². The van der Waals surface area contributed by atoms with Crippen molar-refractivity contribution < 1.29 is 49.8 Å². The molecule has 0 aliphatic rings. The van der Waals surface area contributed by atoms with Crippen molar-refractivity contribution in [2.75, 3.05) is 28.4 Å². The molecule has 10 nitrogen and oxygen atoms in total. The van der Waals surface area contributed by atoms with Gasteiger partial charge in [0.05, 0.1) is 11.1 Å². The van der Waals surface area contributed by atoms with Crippen LogP contribution < -0.4 is 0 Å². The molecule has 4 aromatic rings. The van der Waals surface area contributed by atoms with Crippen LogP contribution in [0.5, 0.6) is 0 Å². The Morgan fingerprint density at radius 3 is 0.562 bits per heavy atom. The number of aliphatic hydroxyl groups excluding tert-OH is 4. The maximum atomic E-state index is 10.6. The number of aromatic carboxylic acids is 2. The van der Waals surface area contributed by atoms with Crippen LogP contribution in [0.25, 0.3) is 0 Å². The molecule has 10 heteroatoms. The van der Waals surface area contributed by atoms with Gasteiger partial charge in [0.1, 0.15) is 0 Å². The van der Waals surface area contributed by atoms with Crippen molar-refractivity contribution in [1.82, 2.24) is 0 Å². The van der Waals surface area contributed by atoms with Crippen molar-refractivity contribution in [2.45, 2.75) is 41.5 Å². The molecule has 0 saturated heterocycles. The minimum Gasteiger partial charge on any atom is -0.478 e. The minimum absolute atomic E-state index is 0.121. The summed E-state index contributed by atoms with van der Waals surface area (Å²) in [5.41, 5.74) is 2.21. The van der Waals surface area contributed by atoms with Gasteiger partial charge in [0.25, 0.3) is 0 Å². The van der Waals surface area contributed by atoms with E-state index in [-0.39, 0.29) is 11.6 Å². The highest BCUT2D eigenvalue weighted by molar-refractivity contribution is 5.94. The maximum absolute atomic E-state index is 10.6. The lowest BCUT2D eigenvalue weighted by atomic mass is 10.2. The molecule has 0 bridgehead atoms. The van der Waals surface area contributed by atoms with Gasteiger partial charge in [-0.25, -0.2) is 9.59 Å². The van der Waals surface area contributed by atoms with Crippen LogP contribution in [-0.2, 0) is 0 Å². The number of carbonyl (C=O) groups excluding carboxylic acids is 2. The van der Waals surface area contributed by atoms with E-state index in [1.807, 2.05) is 88.4 Å². The van der Waals surface area contributed by atoms with E-state index in [4.69, 9.17) is 30.6 Å². The van der Waals surface area contributed by atoms with Gasteiger partial charge in [-0.2, -0.15) is 0 Å². The molecule has 4 aromatic carbocycles. The summed E-state index contributed by atoms with van der Waals surface area (Å²) in [6.45, 7) is 11.1. The topological polar surface area (TPSA) is 190 Å². The number of carboxylic acids is 2. The lowest BCUT2D eigenvalue weighted by molar-refractivity contribution is 0.0686. The molecule has 0 radical (unpaired) electrons. The van der Waals surface area contributed by atoms with E-state index >= 15 is 0 Å². The van der Waals surface area contributed by atoms with Gasteiger partial charge in [-0.1, -0.05) is 125 Å². The SMILES string of the molecule is CC.CC.CC(=O)c1ccccc1.CC(=O)c1ccccc1.CO.CO.CO.CO.O=C(O)c1ccccc1.O=C(O)c1ccccc1. The number of ketones is 2. The highest BCUT2D eigenvalue weighted by Crippen LogP contribution is 1.99. The Kier molecular flexibility index (Phi) is 53.6. The number of carbonyl (C=O) groups is 4. The summed E-state index contributed by atoms with van der Waals surface area (Å²) in [7, 11) is 4.00. The standard InChI is InChI=1S/2C8H8O.2C7H6O2.2C2H6.4CH4O/c2*1-7(9)8-5-3-2-4-6-8;2*8-7(9)6-4-2-1-3-5-6;6*1-2/h2*2-6H,1H3;2*1-5H,(H,8,9);2*1-2H3;4*2H,1H3. The van der Waals surface area contributed by atoms with Crippen LogP contribution in [0.2, 0.25) is 0 Å². The zero-order valence-electron chi connectivity index (χ0n) is 29.9. The Labute approximate surface area is 286 Å². The number of Topliss-reactive ketones (excluding diaryl/α,β-unsaturated/α-hetero) is 2. The zero-order chi connectivity index (χ0) is 38.8. The largest absolute Gasteiger partial charge is 0.478 e. The van der Waals surface area contributed by atoms with Crippen molar-refractivity contribution >= 4 is 23.5 Å². The van der Waals surface area contributed by atoms with Gasteiger partial charge in [-0.05, 0) is 38.1 Å². The monoisotopic (exact) mass is 672 g/mol. The van der Waals surface area contributed by atoms with Crippen LogP contribution in [0.1, 0.15) is 83.0 Å². The maximum Gasteiger partial charge on any atom is 0.335 e. The number of hydrogen-bond acceptors (Lipinski definition) is 8. The Morgan fingerprint density at radius 1 is 0.333 bits per heavy atom. The zero-order valence-corrected chi connectivity index (χ0v) is 29.9. The van der Waals surface area contributed by atoms with Crippen molar-refractivity contribution in [3.63, 3.8) is 0 Å². The molecule has 0 aliphatic heterocycles. The fourth-order valence-corrected chi connectivity index (χ4v) is 2.51. The number of aliphatic hydroxyl groups is 4. The van der Waals surface area contributed by atoms with E-state index in [0.29, 0.717) is 11.1 Å². The first-order valence-electron chi connectivity index (χ1n) is 14.7. The van der Waals surface area contributed by atoms with E-state index in [1.165, 1.54) is 0 Å². The van der Waals surface area contributed by atoms with Gasteiger partial charge in [-0.15, -0.1) is 0 Å². The molecule has 4 rings (SSSR count). The van der Waals surface area contributed by atoms with Gasteiger partial charge in [-0.3, -0.25) is 9.59 Å². The second kappa shape index (κ2) is 46.4. The van der Waals surface area contributed by atoms with E-state index in [2.05, 4.69) is 0 Å². The Morgan fingerprint density at radius 2 is 0.479 bits per heavy atom.